The van der Waals surface area contributed by atoms with Crippen molar-refractivity contribution in [2.45, 2.75) is 64.9 Å². The molecule has 1 aliphatic rings. The molecule has 0 unspecified atom stereocenters. The first-order chi connectivity index (χ1) is 16.9. The Hall–Kier alpha value is -2.87. The lowest BCUT2D eigenvalue weighted by molar-refractivity contribution is -0.152. The summed E-state index contributed by atoms with van der Waals surface area (Å²) in [5, 5.41) is 9.28. The van der Waals surface area contributed by atoms with Gasteiger partial charge in [-0.2, -0.15) is 4.98 Å². The molecule has 0 spiro atoms. The van der Waals surface area contributed by atoms with Crippen molar-refractivity contribution in [2.75, 3.05) is 49.2 Å². The molecule has 0 amide bonds. The van der Waals surface area contributed by atoms with Crippen molar-refractivity contribution in [3.8, 4) is 5.75 Å². The number of anilines is 2. The van der Waals surface area contributed by atoms with Crippen molar-refractivity contribution < 1.29 is 19.4 Å². The van der Waals surface area contributed by atoms with Crippen molar-refractivity contribution in [3.05, 3.63) is 42.1 Å². The fourth-order valence-electron chi connectivity index (χ4n) is 4.00. The summed E-state index contributed by atoms with van der Waals surface area (Å²) in [6.45, 7) is 10.2. The maximum Gasteiger partial charge on any atom is 0.347 e. The van der Waals surface area contributed by atoms with Gasteiger partial charge in [0.05, 0.1) is 13.2 Å². The molecule has 0 radical (unpaired) electrons. The van der Waals surface area contributed by atoms with E-state index in [4.69, 9.17) is 14.5 Å². The molecule has 0 aliphatic carbocycles. The van der Waals surface area contributed by atoms with Crippen molar-refractivity contribution >= 4 is 17.7 Å². The summed E-state index contributed by atoms with van der Waals surface area (Å²) in [4.78, 5) is 25.4. The van der Waals surface area contributed by atoms with Crippen LogP contribution in [-0.2, 0) is 16.0 Å². The molecule has 8 nitrogen and oxygen atoms in total. The first-order valence-electron chi connectivity index (χ1n) is 12.8. The van der Waals surface area contributed by atoms with Gasteiger partial charge in [-0.3, -0.25) is 0 Å². The van der Waals surface area contributed by atoms with Crippen LogP contribution in [0.3, 0.4) is 0 Å². The third-order valence-electron chi connectivity index (χ3n) is 6.26. The highest BCUT2D eigenvalue weighted by Gasteiger charge is 2.29. The van der Waals surface area contributed by atoms with Crippen molar-refractivity contribution in [1.82, 2.24) is 9.97 Å². The molecular formula is C27H40N4O4. The lowest BCUT2D eigenvalue weighted by Crippen LogP contribution is -2.37. The SMILES string of the molecule is CCCCCCCN(CCc1ccc(OC(C)(C)C(=O)O)cc1)c1nccc(N2CCOCC2)n1. The van der Waals surface area contributed by atoms with E-state index in [1.807, 2.05) is 36.5 Å². The molecule has 1 aromatic carbocycles. The van der Waals surface area contributed by atoms with Gasteiger partial charge in [0.2, 0.25) is 5.95 Å². The van der Waals surface area contributed by atoms with Gasteiger partial charge in [-0.25, -0.2) is 9.78 Å². The molecule has 2 heterocycles. The number of morpholine rings is 1. The third-order valence-corrected chi connectivity index (χ3v) is 6.26. The molecule has 1 aliphatic heterocycles. The number of ether oxygens (including phenoxy) is 2. The Kier molecular flexibility index (Phi) is 10.1. The van der Waals surface area contributed by atoms with Gasteiger partial charge in [-0.15, -0.1) is 0 Å². The van der Waals surface area contributed by atoms with Crippen molar-refractivity contribution in [2.24, 2.45) is 0 Å². The van der Waals surface area contributed by atoms with Gasteiger partial charge in [0.15, 0.2) is 5.60 Å². The summed E-state index contributed by atoms with van der Waals surface area (Å²) in [7, 11) is 0. The number of aromatic nitrogens is 2. The molecule has 35 heavy (non-hydrogen) atoms. The van der Waals surface area contributed by atoms with Gasteiger partial charge in [-0.1, -0.05) is 44.7 Å². The summed E-state index contributed by atoms with van der Waals surface area (Å²) in [5.74, 6) is 1.29. The van der Waals surface area contributed by atoms with Crippen molar-refractivity contribution in [3.63, 3.8) is 0 Å². The molecule has 1 aromatic heterocycles. The number of rotatable bonds is 14. The maximum atomic E-state index is 11.3. The van der Waals surface area contributed by atoms with Gasteiger partial charge in [0.1, 0.15) is 11.6 Å². The average molecular weight is 485 g/mol. The number of carboxylic acids is 1. The molecule has 2 aromatic rings. The van der Waals surface area contributed by atoms with E-state index in [9.17, 15) is 9.90 Å². The van der Waals surface area contributed by atoms with Gasteiger partial charge >= 0.3 is 5.97 Å². The van der Waals surface area contributed by atoms with Crippen LogP contribution in [0.4, 0.5) is 11.8 Å². The van der Waals surface area contributed by atoms with Crippen LogP contribution >= 0.6 is 0 Å². The Morgan fingerprint density at radius 3 is 2.49 bits per heavy atom. The Labute approximate surface area is 209 Å². The second-order valence-electron chi connectivity index (χ2n) is 9.53. The minimum Gasteiger partial charge on any atom is -0.478 e. The van der Waals surface area contributed by atoms with Crippen LogP contribution in [0.1, 0.15) is 58.4 Å². The van der Waals surface area contributed by atoms with Gasteiger partial charge in [-0.05, 0) is 50.5 Å². The number of carboxylic acid groups (broad SMARTS) is 1. The molecule has 0 atom stereocenters. The Bertz CT molecular complexity index is 914. The van der Waals surface area contributed by atoms with Crippen LogP contribution in [0.15, 0.2) is 36.5 Å². The first kappa shape index (κ1) is 26.7. The minimum absolute atomic E-state index is 0.551. The van der Waals surface area contributed by atoms with Gasteiger partial charge < -0.3 is 24.4 Å². The normalized spacial score (nSPS) is 14.1. The van der Waals surface area contributed by atoms with E-state index in [1.165, 1.54) is 25.7 Å². The van der Waals surface area contributed by atoms with E-state index in [0.717, 1.165) is 69.6 Å². The molecule has 8 heteroatoms. The summed E-state index contributed by atoms with van der Waals surface area (Å²) in [5.41, 5.74) is -0.107. The van der Waals surface area contributed by atoms with E-state index in [1.54, 1.807) is 13.8 Å². The summed E-state index contributed by atoms with van der Waals surface area (Å²) >= 11 is 0. The van der Waals surface area contributed by atoms with Crippen LogP contribution in [0.25, 0.3) is 0 Å². The number of nitrogens with zero attached hydrogens (tertiary/aromatic N) is 4. The quantitative estimate of drug-likeness (QED) is 0.390. The van der Waals surface area contributed by atoms with Gasteiger partial charge in [0, 0.05) is 32.4 Å². The van der Waals surface area contributed by atoms with Crippen LogP contribution in [-0.4, -0.2) is 66.0 Å². The second-order valence-corrected chi connectivity index (χ2v) is 9.53. The standard InChI is InChI=1S/C27H40N4O4/c1-4-5-6-7-8-16-31(26-28-15-13-24(29-26)30-18-20-34-21-19-30)17-14-22-9-11-23(12-10-22)35-27(2,3)25(32)33/h9-13,15H,4-8,14,16-21H2,1-3H3,(H,32,33). The second kappa shape index (κ2) is 13.3. The number of hydrogen-bond acceptors (Lipinski definition) is 7. The van der Waals surface area contributed by atoms with Crippen molar-refractivity contribution in [1.29, 1.82) is 0 Å². The van der Waals surface area contributed by atoms with Crippen LogP contribution in [0, 0.1) is 0 Å². The Morgan fingerprint density at radius 1 is 1.09 bits per heavy atom. The van der Waals surface area contributed by atoms with Crippen LogP contribution in [0.5, 0.6) is 5.75 Å². The van der Waals surface area contributed by atoms with E-state index in [-0.39, 0.29) is 0 Å². The molecule has 0 saturated carbocycles. The predicted molar refractivity (Wildman–Crippen MR) is 139 cm³/mol. The topological polar surface area (TPSA) is 88.0 Å². The molecule has 1 fully saturated rings. The fourth-order valence-corrected chi connectivity index (χ4v) is 4.00. The van der Waals surface area contributed by atoms with E-state index in [0.29, 0.717) is 5.75 Å². The predicted octanol–water partition coefficient (Wildman–Crippen LogP) is 4.57. The summed E-state index contributed by atoms with van der Waals surface area (Å²) in [6, 6.07) is 9.65. The maximum absolute atomic E-state index is 11.3. The average Bonchev–Trinajstić information content (AvgIpc) is 2.87. The van der Waals surface area contributed by atoms with E-state index < -0.39 is 11.6 Å². The number of carbonyl (C=O) groups is 1. The molecule has 3 rings (SSSR count). The highest BCUT2D eigenvalue weighted by atomic mass is 16.5. The van der Waals surface area contributed by atoms with Crippen LogP contribution in [0.2, 0.25) is 0 Å². The molecule has 0 bridgehead atoms. The number of benzene rings is 1. The zero-order valence-electron chi connectivity index (χ0n) is 21.4. The first-order valence-corrected chi connectivity index (χ1v) is 12.8. The number of unbranched alkanes of at least 4 members (excludes halogenated alkanes) is 4. The molecule has 1 saturated heterocycles. The smallest absolute Gasteiger partial charge is 0.347 e. The molecule has 192 valence electrons. The molecular weight excluding hydrogens is 444 g/mol. The number of hydrogen-bond donors (Lipinski definition) is 1. The Balaban J connectivity index is 1.65. The molecule has 1 N–H and O–H groups in total. The minimum atomic E-state index is -1.26. The summed E-state index contributed by atoms with van der Waals surface area (Å²) in [6.07, 6.45) is 8.78. The largest absolute Gasteiger partial charge is 0.478 e. The zero-order chi connectivity index (χ0) is 25.1. The van der Waals surface area contributed by atoms with Crippen LogP contribution < -0.4 is 14.5 Å². The van der Waals surface area contributed by atoms with Gasteiger partial charge in [0.25, 0.3) is 0 Å². The highest BCUT2D eigenvalue weighted by molar-refractivity contribution is 5.76. The van der Waals surface area contributed by atoms with E-state index >= 15 is 0 Å². The zero-order valence-corrected chi connectivity index (χ0v) is 21.4. The monoisotopic (exact) mass is 484 g/mol. The summed E-state index contributed by atoms with van der Waals surface area (Å²) < 4.78 is 11.1. The fraction of sp³-hybridized carbons (Fsp3) is 0.593. The number of aliphatic carboxylic acids is 1. The third kappa shape index (κ3) is 8.38. The Morgan fingerprint density at radius 2 is 1.80 bits per heavy atom. The van der Waals surface area contributed by atoms with E-state index in [2.05, 4.69) is 21.7 Å². The highest BCUT2D eigenvalue weighted by Crippen LogP contribution is 2.21. The lowest BCUT2D eigenvalue weighted by atomic mass is 10.1. The lowest BCUT2D eigenvalue weighted by Gasteiger charge is -2.29.